The highest BCUT2D eigenvalue weighted by Crippen LogP contribution is 2.16. The predicted molar refractivity (Wildman–Crippen MR) is 81.8 cm³/mol. The van der Waals surface area contributed by atoms with Gasteiger partial charge in [-0.15, -0.1) is 0 Å². The van der Waals surface area contributed by atoms with E-state index in [0.717, 1.165) is 24.5 Å². The number of nitrogens with one attached hydrogen (secondary N) is 2. The number of guanidine groups is 1. The molecular weight excluding hydrogens is 309 g/mol. The molecule has 0 saturated carbocycles. The fourth-order valence-corrected chi connectivity index (χ4v) is 1.78. The van der Waals surface area contributed by atoms with Gasteiger partial charge in [-0.2, -0.15) is 0 Å². The Morgan fingerprint density at radius 2 is 2.11 bits per heavy atom. The monoisotopic (exact) mass is 329 g/mol. The zero-order chi connectivity index (χ0) is 14.3. The Morgan fingerprint density at radius 1 is 1.37 bits per heavy atom. The highest BCUT2D eigenvalue weighted by molar-refractivity contribution is 9.10. The average molecular weight is 330 g/mol. The van der Waals surface area contributed by atoms with Crippen LogP contribution in [0.3, 0.4) is 0 Å². The zero-order valence-corrected chi connectivity index (χ0v) is 13.2. The van der Waals surface area contributed by atoms with Crippen molar-refractivity contribution in [3.05, 3.63) is 34.1 Å². The third kappa shape index (κ3) is 6.05. The van der Waals surface area contributed by atoms with E-state index in [4.69, 9.17) is 0 Å². The zero-order valence-electron chi connectivity index (χ0n) is 11.6. The molecule has 0 unspecified atom stereocenters. The van der Waals surface area contributed by atoms with Crippen LogP contribution < -0.4 is 10.6 Å². The second-order valence-electron chi connectivity index (χ2n) is 4.78. The Bertz CT molecular complexity index is 433. The Balaban J connectivity index is 2.42. The molecule has 0 bridgehead atoms. The maximum atomic E-state index is 13.4. The first-order chi connectivity index (χ1) is 9.02. The fourth-order valence-electron chi connectivity index (χ4n) is 1.54. The van der Waals surface area contributed by atoms with Crippen molar-refractivity contribution in [2.75, 3.05) is 13.6 Å². The van der Waals surface area contributed by atoms with E-state index in [0.29, 0.717) is 16.9 Å². The van der Waals surface area contributed by atoms with Crippen molar-refractivity contribution in [2.24, 2.45) is 10.9 Å². The number of halogens is 2. The molecule has 0 spiro atoms. The second-order valence-corrected chi connectivity index (χ2v) is 5.64. The minimum atomic E-state index is -0.248. The van der Waals surface area contributed by atoms with E-state index in [9.17, 15) is 4.39 Å². The lowest BCUT2D eigenvalue weighted by atomic mass is 10.1. The molecule has 0 aliphatic rings. The molecule has 0 radical (unpaired) electrons. The summed E-state index contributed by atoms with van der Waals surface area (Å²) in [6, 6.07) is 5.10. The van der Waals surface area contributed by atoms with Gasteiger partial charge in [0.2, 0.25) is 0 Å². The quantitative estimate of drug-likeness (QED) is 0.642. The SMILES string of the molecule is CN=C(NCCC(C)C)NCc1ccc(Br)c(F)c1. The number of aliphatic imine (C=N–C) groups is 1. The summed E-state index contributed by atoms with van der Waals surface area (Å²) in [4.78, 5) is 4.13. The first kappa shape index (κ1) is 16.0. The van der Waals surface area contributed by atoms with Crippen molar-refractivity contribution in [3.8, 4) is 0 Å². The van der Waals surface area contributed by atoms with Gasteiger partial charge in [0.15, 0.2) is 5.96 Å². The average Bonchev–Trinajstić information content (AvgIpc) is 2.37. The van der Waals surface area contributed by atoms with Crippen LogP contribution in [0, 0.1) is 11.7 Å². The molecule has 0 aliphatic carbocycles. The van der Waals surface area contributed by atoms with Crippen LogP contribution in [0.2, 0.25) is 0 Å². The van der Waals surface area contributed by atoms with Crippen molar-refractivity contribution in [1.82, 2.24) is 10.6 Å². The van der Waals surface area contributed by atoms with Gasteiger partial charge in [0, 0.05) is 20.1 Å². The summed E-state index contributed by atoms with van der Waals surface area (Å²) >= 11 is 3.14. The maximum Gasteiger partial charge on any atom is 0.191 e. The van der Waals surface area contributed by atoms with Crippen molar-refractivity contribution in [2.45, 2.75) is 26.8 Å². The van der Waals surface area contributed by atoms with E-state index in [1.54, 1.807) is 13.1 Å². The standard InChI is InChI=1S/C14H21BrFN3/c1-10(2)6-7-18-14(17-3)19-9-11-4-5-12(15)13(16)8-11/h4-5,8,10H,6-7,9H2,1-3H3,(H2,17,18,19). The molecule has 19 heavy (non-hydrogen) atoms. The van der Waals surface area contributed by atoms with Crippen molar-refractivity contribution in [1.29, 1.82) is 0 Å². The molecule has 0 saturated heterocycles. The summed E-state index contributed by atoms with van der Waals surface area (Å²) in [5.41, 5.74) is 0.882. The van der Waals surface area contributed by atoms with Crippen LogP contribution in [-0.4, -0.2) is 19.6 Å². The molecule has 0 aromatic heterocycles. The van der Waals surface area contributed by atoms with Crippen molar-refractivity contribution < 1.29 is 4.39 Å². The Labute approximate surface area is 122 Å². The highest BCUT2D eigenvalue weighted by atomic mass is 79.9. The van der Waals surface area contributed by atoms with Crippen molar-refractivity contribution in [3.63, 3.8) is 0 Å². The van der Waals surface area contributed by atoms with Crippen LogP contribution in [0.5, 0.6) is 0 Å². The lowest BCUT2D eigenvalue weighted by Crippen LogP contribution is -2.37. The molecule has 3 nitrogen and oxygen atoms in total. The first-order valence-corrected chi connectivity index (χ1v) is 7.20. The number of hydrogen-bond donors (Lipinski definition) is 2. The molecule has 0 aliphatic heterocycles. The predicted octanol–water partition coefficient (Wildman–Crippen LogP) is 3.30. The molecule has 0 heterocycles. The van der Waals surface area contributed by atoms with Crippen molar-refractivity contribution >= 4 is 21.9 Å². The summed E-state index contributed by atoms with van der Waals surface area (Å²) in [5, 5.41) is 6.40. The maximum absolute atomic E-state index is 13.4. The van der Waals surface area contributed by atoms with E-state index >= 15 is 0 Å². The van der Waals surface area contributed by atoms with Gasteiger partial charge in [-0.1, -0.05) is 19.9 Å². The van der Waals surface area contributed by atoms with Crippen LogP contribution in [0.15, 0.2) is 27.7 Å². The van der Waals surface area contributed by atoms with Gasteiger partial charge < -0.3 is 10.6 Å². The summed E-state index contributed by atoms with van der Waals surface area (Å²) in [6.07, 6.45) is 1.09. The van der Waals surface area contributed by atoms with E-state index < -0.39 is 0 Å². The number of nitrogens with zero attached hydrogens (tertiary/aromatic N) is 1. The number of benzene rings is 1. The lowest BCUT2D eigenvalue weighted by molar-refractivity contribution is 0.573. The number of hydrogen-bond acceptors (Lipinski definition) is 1. The minimum Gasteiger partial charge on any atom is -0.356 e. The van der Waals surface area contributed by atoms with Crippen LogP contribution >= 0.6 is 15.9 Å². The Morgan fingerprint density at radius 3 is 2.68 bits per heavy atom. The van der Waals surface area contributed by atoms with Gasteiger partial charge in [0.05, 0.1) is 4.47 Å². The van der Waals surface area contributed by atoms with Gasteiger partial charge in [0.1, 0.15) is 5.82 Å². The van der Waals surface area contributed by atoms with E-state index in [-0.39, 0.29) is 5.82 Å². The summed E-state index contributed by atoms with van der Waals surface area (Å²) < 4.78 is 13.8. The smallest absolute Gasteiger partial charge is 0.191 e. The van der Waals surface area contributed by atoms with Gasteiger partial charge in [0.25, 0.3) is 0 Å². The summed E-state index contributed by atoms with van der Waals surface area (Å²) in [6.45, 7) is 5.79. The third-order valence-corrected chi connectivity index (χ3v) is 3.32. The Kier molecular flexibility index (Phi) is 6.84. The molecule has 2 N–H and O–H groups in total. The van der Waals surface area contributed by atoms with E-state index in [1.807, 2.05) is 6.07 Å². The lowest BCUT2D eigenvalue weighted by Gasteiger charge is -2.13. The van der Waals surface area contributed by atoms with Crippen LogP contribution in [0.25, 0.3) is 0 Å². The third-order valence-electron chi connectivity index (χ3n) is 2.68. The molecule has 106 valence electrons. The summed E-state index contributed by atoms with van der Waals surface area (Å²) in [5.74, 6) is 1.15. The molecule has 1 rings (SSSR count). The number of rotatable bonds is 5. The molecular formula is C14H21BrFN3. The van der Waals surface area contributed by atoms with Crippen LogP contribution in [-0.2, 0) is 6.54 Å². The van der Waals surface area contributed by atoms with E-state index in [2.05, 4.69) is 45.4 Å². The molecule has 0 atom stereocenters. The summed E-state index contributed by atoms with van der Waals surface area (Å²) in [7, 11) is 1.73. The largest absolute Gasteiger partial charge is 0.356 e. The molecule has 0 amide bonds. The molecule has 1 aromatic rings. The second kappa shape index (κ2) is 8.15. The van der Waals surface area contributed by atoms with Crippen LogP contribution in [0.4, 0.5) is 4.39 Å². The molecule has 0 fully saturated rings. The molecule has 1 aromatic carbocycles. The molecule has 5 heteroatoms. The van der Waals surface area contributed by atoms with Gasteiger partial charge in [-0.05, 0) is 46.0 Å². The van der Waals surface area contributed by atoms with Gasteiger partial charge in [-0.3, -0.25) is 4.99 Å². The Hall–Kier alpha value is -1.10. The minimum absolute atomic E-state index is 0.248. The van der Waals surface area contributed by atoms with Gasteiger partial charge in [-0.25, -0.2) is 4.39 Å². The fraction of sp³-hybridized carbons (Fsp3) is 0.500. The normalized spacial score (nSPS) is 11.8. The van der Waals surface area contributed by atoms with E-state index in [1.165, 1.54) is 6.07 Å². The topological polar surface area (TPSA) is 36.4 Å². The van der Waals surface area contributed by atoms with Crippen LogP contribution in [0.1, 0.15) is 25.8 Å². The van der Waals surface area contributed by atoms with Gasteiger partial charge >= 0.3 is 0 Å². The highest BCUT2D eigenvalue weighted by Gasteiger charge is 2.02. The first-order valence-electron chi connectivity index (χ1n) is 6.41.